The molecule has 1 aliphatic carbocycles. The van der Waals surface area contributed by atoms with E-state index in [-0.39, 0.29) is 12.6 Å². The van der Waals surface area contributed by atoms with Crippen LogP contribution < -0.4 is 14.8 Å². The lowest BCUT2D eigenvalue weighted by Gasteiger charge is -2.24. The monoisotopic (exact) mass is 293 g/mol. The second-order valence-corrected chi connectivity index (χ2v) is 5.74. The smallest absolute Gasteiger partial charge is 0.122 e. The van der Waals surface area contributed by atoms with Crippen LogP contribution in [0.15, 0.2) is 18.2 Å². The summed E-state index contributed by atoms with van der Waals surface area (Å²) in [6.45, 7) is 0.0762. The molecule has 0 spiro atoms. The van der Waals surface area contributed by atoms with E-state index in [1.54, 1.807) is 14.2 Å². The van der Waals surface area contributed by atoms with E-state index in [0.29, 0.717) is 6.04 Å². The van der Waals surface area contributed by atoms with Gasteiger partial charge in [0.05, 0.1) is 26.9 Å². The maximum absolute atomic E-state index is 9.76. The summed E-state index contributed by atoms with van der Waals surface area (Å²) in [5.74, 6) is 1.51. The molecular weight excluding hydrogens is 266 g/mol. The summed E-state index contributed by atoms with van der Waals surface area (Å²) >= 11 is 0. The number of aliphatic hydroxyl groups is 1. The number of ether oxygens (including phenoxy) is 2. The highest BCUT2D eigenvalue weighted by atomic mass is 16.5. The van der Waals surface area contributed by atoms with Crippen molar-refractivity contribution in [1.82, 2.24) is 5.32 Å². The molecule has 2 N–H and O–H groups in total. The fraction of sp³-hybridized carbons (Fsp3) is 0.647. The van der Waals surface area contributed by atoms with Gasteiger partial charge in [0.1, 0.15) is 11.5 Å². The topological polar surface area (TPSA) is 50.7 Å². The lowest BCUT2D eigenvalue weighted by atomic mass is 10.0. The zero-order valence-electron chi connectivity index (χ0n) is 13.1. The fourth-order valence-electron chi connectivity index (χ4n) is 3.02. The van der Waals surface area contributed by atoms with Crippen LogP contribution in [-0.2, 0) is 0 Å². The van der Waals surface area contributed by atoms with E-state index in [1.165, 1.54) is 38.5 Å². The summed E-state index contributed by atoms with van der Waals surface area (Å²) in [7, 11) is 3.29. The second kappa shape index (κ2) is 8.25. The molecule has 1 aromatic rings. The van der Waals surface area contributed by atoms with Gasteiger partial charge in [-0.25, -0.2) is 0 Å². The Morgan fingerprint density at radius 2 is 1.62 bits per heavy atom. The SMILES string of the molecule is COc1cc(OC)cc(C(CO)NC2CCCCCC2)c1. The van der Waals surface area contributed by atoms with E-state index in [9.17, 15) is 5.11 Å². The van der Waals surface area contributed by atoms with Crippen molar-refractivity contribution in [3.8, 4) is 11.5 Å². The first-order chi connectivity index (χ1) is 10.3. The molecule has 21 heavy (non-hydrogen) atoms. The molecule has 0 saturated heterocycles. The van der Waals surface area contributed by atoms with Crippen molar-refractivity contribution in [2.45, 2.75) is 50.6 Å². The van der Waals surface area contributed by atoms with Crippen molar-refractivity contribution >= 4 is 0 Å². The molecule has 1 aliphatic rings. The molecule has 2 rings (SSSR count). The van der Waals surface area contributed by atoms with Gasteiger partial charge >= 0.3 is 0 Å². The number of methoxy groups -OCH3 is 2. The predicted octanol–water partition coefficient (Wildman–Crippen LogP) is 3.05. The van der Waals surface area contributed by atoms with E-state index in [4.69, 9.17) is 9.47 Å². The molecular formula is C17H27NO3. The molecule has 1 atom stereocenters. The van der Waals surface area contributed by atoms with Crippen molar-refractivity contribution in [3.05, 3.63) is 23.8 Å². The van der Waals surface area contributed by atoms with E-state index in [1.807, 2.05) is 18.2 Å². The van der Waals surface area contributed by atoms with Gasteiger partial charge < -0.3 is 19.9 Å². The summed E-state index contributed by atoms with van der Waals surface area (Å²) in [6, 6.07) is 6.20. The lowest BCUT2D eigenvalue weighted by Crippen LogP contribution is -2.34. The molecule has 118 valence electrons. The maximum atomic E-state index is 9.76. The van der Waals surface area contributed by atoms with Crippen LogP contribution in [0.5, 0.6) is 11.5 Å². The molecule has 4 heteroatoms. The molecule has 1 fully saturated rings. The quantitative estimate of drug-likeness (QED) is 0.792. The Balaban J connectivity index is 2.11. The zero-order valence-corrected chi connectivity index (χ0v) is 13.1. The second-order valence-electron chi connectivity index (χ2n) is 5.74. The van der Waals surface area contributed by atoms with Crippen LogP contribution in [0.4, 0.5) is 0 Å². The molecule has 0 bridgehead atoms. The third kappa shape index (κ3) is 4.61. The number of nitrogens with one attached hydrogen (secondary N) is 1. The molecule has 1 unspecified atom stereocenters. The van der Waals surface area contributed by atoms with Crippen LogP contribution in [-0.4, -0.2) is 32.0 Å². The highest BCUT2D eigenvalue weighted by Crippen LogP contribution is 2.28. The highest BCUT2D eigenvalue weighted by molar-refractivity contribution is 5.40. The normalized spacial score (nSPS) is 18.0. The standard InChI is InChI=1S/C17H27NO3/c1-20-15-9-13(10-16(11-15)21-2)17(12-19)18-14-7-5-3-4-6-8-14/h9-11,14,17-19H,3-8,12H2,1-2H3. The molecule has 1 aromatic carbocycles. The number of benzene rings is 1. The van der Waals surface area contributed by atoms with E-state index in [0.717, 1.165) is 17.1 Å². The largest absolute Gasteiger partial charge is 0.497 e. The Morgan fingerprint density at radius 1 is 1.05 bits per heavy atom. The Kier molecular flexibility index (Phi) is 6.33. The van der Waals surface area contributed by atoms with E-state index in [2.05, 4.69) is 5.32 Å². The van der Waals surface area contributed by atoms with Crippen molar-refractivity contribution < 1.29 is 14.6 Å². The summed E-state index contributed by atoms with van der Waals surface area (Å²) in [4.78, 5) is 0. The third-order valence-electron chi connectivity index (χ3n) is 4.25. The molecule has 0 radical (unpaired) electrons. The number of hydrogen-bond donors (Lipinski definition) is 2. The Hall–Kier alpha value is -1.26. The Labute approximate surface area is 127 Å². The zero-order chi connectivity index (χ0) is 15.1. The van der Waals surface area contributed by atoms with Crippen LogP contribution in [0.1, 0.15) is 50.1 Å². The van der Waals surface area contributed by atoms with Gasteiger partial charge in [0, 0.05) is 12.1 Å². The van der Waals surface area contributed by atoms with E-state index >= 15 is 0 Å². The van der Waals surface area contributed by atoms with Crippen molar-refractivity contribution in [1.29, 1.82) is 0 Å². The minimum atomic E-state index is -0.0721. The summed E-state index contributed by atoms with van der Waals surface area (Å²) in [5, 5.41) is 13.4. The van der Waals surface area contributed by atoms with Gasteiger partial charge in [0.15, 0.2) is 0 Å². The lowest BCUT2D eigenvalue weighted by molar-refractivity contribution is 0.227. The number of rotatable bonds is 6. The molecule has 0 heterocycles. The van der Waals surface area contributed by atoms with Gasteiger partial charge in [-0.2, -0.15) is 0 Å². The maximum Gasteiger partial charge on any atom is 0.122 e. The molecule has 0 aromatic heterocycles. The Morgan fingerprint density at radius 3 is 2.10 bits per heavy atom. The van der Waals surface area contributed by atoms with Gasteiger partial charge in [-0.1, -0.05) is 25.7 Å². The van der Waals surface area contributed by atoms with Crippen molar-refractivity contribution in [3.63, 3.8) is 0 Å². The average Bonchev–Trinajstić information content (AvgIpc) is 2.80. The van der Waals surface area contributed by atoms with Crippen LogP contribution in [0.2, 0.25) is 0 Å². The summed E-state index contributed by atoms with van der Waals surface area (Å²) in [6.07, 6.45) is 7.59. The third-order valence-corrected chi connectivity index (χ3v) is 4.25. The summed E-state index contributed by atoms with van der Waals surface area (Å²) in [5.41, 5.74) is 1.01. The first kappa shape index (κ1) is 16.1. The Bertz CT molecular complexity index is 406. The van der Waals surface area contributed by atoms with Gasteiger partial charge in [-0.3, -0.25) is 0 Å². The van der Waals surface area contributed by atoms with Crippen LogP contribution in [0.25, 0.3) is 0 Å². The fourth-order valence-corrected chi connectivity index (χ4v) is 3.02. The molecule has 1 saturated carbocycles. The van der Waals surface area contributed by atoms with Crippen LogP contribution in [0, 0.1) is 0 Å². The van der Waals surface area contributed by atoms with Gasteiger partial charge in [-0.15, -0.1) is 0 Å². The van der Waals surface area contributed by atoms with Crippen molar-refractivity contribution in [2.75, 3.05) is 20.8 Å². The van der Waals surface area contributed by atoms with Crippen LogP contribution in [0.3, 0.4) is 0 Å². The summed E-state index contributed by atoms with van der Waals surface area (Å²) < 4.78 is 10.6. The highest BCUT2D eigenvalue weighted by Gasteiger charge is 2.19. The first-order valence-electron chi connectivity index (χ1n) is 7.86. The van der Waals surface area contributed by atoms with Gasteiger partial charge in [0.2, 0.25) is 0 Å². The number of aliphatic hydroxyl groups excluding tert-OH is 1. The van der Waals surface area contributed by atoms with Crippen molar-refractivity contribution in [2.24, 2.45) is 0 Å². The van der Waals surface area contributed by atoms with Crippen LogP contribution >= 0.6 is 0 Å². The number of hydrogen-bond acceptors (Lipinski definition) is 4. The van der Waals surface area contributed by atoms with E-state index < -0.39 is 0 Å². The predicted molar refractivity (Wildman–Crippen MR) is 84.0 cm³/mol. The van der Waals surface area contributed by atoms with Gasteiger partial charge in [-0.05, 0) is 30.5 Å². The first-order valence-corrected chi connectivity index (χ1v) is 7.86. The average molecular weight is 293 g/mol. The minimum absolute atomic E-state index is 0.0721. The minimum Gasteiger partial charge on any atom is -0.497 e. The molecule has 0 amide bonds. The molecule has 4 nitrogen and oxygen atoms in total. The molecule has 0 aliphatic heterocycles. The van der Waals surface area contributed by atoms with Gasteiger partial charge in [0.25, 0.3) is 0 Å².